The molecule has 8 nitrogen and oxygen atoms in total. The molecule has 3 rings (SSSR count). The van der Waals surface area contributed by atoms with Gasteiger partial charge in [-0.3, -0.25) is 13.9 Å². The van der Waals surface area contributed by atoms with E-state index in [1.807, 2.05) is 52.0 Å². The van der Waals surface area contributed by atoms with Gasteiger partial charge < -0.3 is 15.0 Å². The highest BCUT2D eigenvalue weighted by molar-refractivity contribution is 7.92. The fraction of sp³-hybridized carbons (Fsp3) is 0.355. The molecule has 2 amide bonds. The van der Waals surface area contributed by atoms with Crippen molar-refractivity contribution < 1.29 is 27.1 Å². The Labute approximate surface area is 242 Å². The maximum absolute atomic E-state index is 14.1. The molecule has 0 saturated carbocycles. The maximum Gasteiger partial charge on any atom is 0.264 e. The van der Waals surface area contributed by atoms with Gasteiger partial charge in [-0.2, -0.15) is 0 Å². The summed E-state index contributed by atoms with van der Waals surface area (Å²) in [7, 11) is -4.29. The molecule has 1 N–H and O–H groups in total. The van der Waals surface area contributed by atoms with Crippen LogP contribution in [-0.2, 0) is 26.2 Å². The normalized spacial score (nSPS) is 11.9. The van der Waals surface area contributed by atoms with Crippen molar-refractivity contribution in [1.82, 2.24) is 10.2 Å². The van der Waals surface area contributed by atoms with E-state index >= 15 is 0 Å². The fourth-order valence-electron chi connectivity index (χ4n) is 4.43. The molecule has 0 aliphatic heterocycles. The minimum Gasteiger partial charge on any atom is -0.494 e. The van der Waals surface area contributed by atoms with Crippen LogP contribution >= 0.6 is 0 Å². The number of anilines is 1. The Morgan fingerprint density at radius 3 is 2.24 bits per heavy atom. The van der Waals surface area contributed by atoms with E-state index in [0.29, 0.717) is 25.3 Å². The molecule has 0 spiro atoms. The van der Waals surface area contributed by atoms with Gasteiger partial charge in [-0.1, -0.05) is 43.7 Å². The van der Waals surface area contributed by atoms with Gasteiger partial charge in [0.25, 0.3) is 10.0 Å². The summed E-state index contributed by atoms with van der Waals surface area (Å²) in [6.07, 6.45) is 1.07. The number of aryl methyl sites for hydroxylation is 1. The summed E-state index contributed by atoms with van der Waals surface area (Å²) in [5.74, 6) is -0.892. The van der Waals surface area contributed by atoms with E-state index in [1.165, 1.54) is 4.90 Å². The second-order valence-electron chi connectivity index (χ2n) is 9.62. The van der Waals surface area contributed by atoms with Gasteiger partial charge in [0, 0.05) is 13.1 Å². The van der Waals surface area contributed by atoms with Gasteiger partial charge in [-0.25, -0.2) is 12.8 Å². The van der Waals surface area contributed by atoms with Crippen LogP contribution < -0.4 is 14.4 Å². The molecule has 0 aliphatic rings. The van der Waals surface area contributed by atoms with Gasteiger partial charge >= 0.3 is 0 Å². The smallest absolute Gasteiger partial charge is 0.264 e. The highest BCUT2D eigenvalue weighted by Gasteiger charge is 2.33. The molecule has 0 radical (unpaired) electrons. The summed E-state index contributed by atoms with van der Waals surface area (Å²) in [6, 6.07) is 17.6. The topological polar surface area (TPSA) is 96.0 Å². The van der Waals surface area contributed by atoms with Crippen LogP contribution in [0.3, 0.4) is 0 Å². The molecule has 220 valence electrons. The minimum atomic E-state index is -4.29. The standard InChI is InChI=1S/C31H38FN3O5S/c1-5-19-33-31(37)29(6-2)34(21-24-10-8-9-23(4)20-24)30(36)22-35(26-13-15-27(16-14-26)40-7-3)41(38,39)28-17-11-25(32)12-18-28/h8-18,20,29H,5-7,19,21-22H2,1-4H3,(H,33,37)/t29-/m1/s1. The first kappa shape index (κ1) is 31.6. The van der Waals surface area contributed by atoms with Crippen LogP contribution in [-0.4, -0.2) is 50.9 Å². The summed E-state index contributed by atoms with van der Waals surface area (Å²) >= 11 is 0. The molecule has 0 unspecified atom stereocenters. The number of carbonyl (C=O) groups excluding carboxylic acids is 2. The predicted molar refractivity (Wildman–Crippen MR) is 158 cm³/mol. The van der Waals surface area contributed by atoms with E-state index in [4.69, 9.17) is 4.74 Å². The van der Waals surface area contributed by atoms with E-state index in [-0.39, 0.29) is 23.0 Å². The molecule has 1 atom stereocenters. The van der Waals surface area contributed by atoms with Gasteiger partial charge in [0.2, 0.25) is 11.8 Å². The van der Waals surface area contributed by atoms with Gasteiger partial charge in [0.05, 0.1) is 17.2 Å². The molecule has 41 heavy (non-hydrogen) atoms. The molecule has 3 aromatic rings. The van der Waals surface area contributed by atoms with Crippen LogP contribution in [0.15, 0.2) is 77.7 Å². The summed E-state index contributed by atoms with van der Waals surface area (Å²) < 4.78 is 47.8. The molecule has 0 aromatic heterocycles. The lowest BCUT2D eigenvalue weighted by atomic mass is 10.1. The number of sulfonamides is 1. The first-order valence-electron chi connectivity index (χ1n) is 13.7. The van der Waals surface area contributed by atoms with Crippen molar-refractivity contribution in [3.05, 3.63) is 89.7 Å². The van der Waals surface area contributed by atoms with Crippen LogP contribution in [0.2, 0.25) is 0 Å². The highest BCUT2D eigenvalue weighted by Crippen LogP contribution is 2.27. The molecule has 0 aliphatic carbocycles. The summed E-state index contributed by atoms with van der Waals surface area (Å²) in [4.78, 5) is 28.5. The number of hydrogen-bond donors (Lipinski definition) is 1. The van der Waals surface area contributed by atoms with Crippen molar-refractivity contribution in [2.24, 2.45) is 0 Å². The zero-order valence-electron chi connectivity index (χ0n) is 24.0. The van der Waals surface area contributed by atoms with E-state index in [9.17, 15) is 22.4 Å². The van der Waals surface area contributed by atoms with Crippen molar-refractivity contribution in [2.75, 3.05) is 24.0 Å². The Morgan fingerprint density at radius 1 is 0.976 bits per heavy atom. The molecule has 0 bridgehead atoms. The van der Waals surface area contributed by atoms with Crippen molar-refractivity contribution >= 4 is 27.5 Å². The maximum atomic E-state index is 14.1. The zero-order valence-corrected chi connectivity index (χ0v) is 24.8. The molecule has 3 aromatic carbocycles. The predicted octanol–water partition coefficient (Wildman–Crippen LogP) is 5.06. The molecule has 0 fully saturated rings. The van der Waals surface area contributed by atoms with Crippen molar-refractivity contribution in [1.29, 1.82) is 0 Å². The lowest BCUT2D eigenvalue weighted by molar-refractivity contribution is -0.140. The van der Waals surface area contributed by atoms with E-state index in [1.54, 1.807) is 24.3 Å². The van der Waals surface area contributed by atoms with Crippen LogP contribution in [0, 0.1) is 12.7 Å². The summed E-state index contributed by atoms with van der Waals surface area (Å²) in [5, 5.41) is 2.87. The van der Waals surface area contributed by atoms with Crippen LogP contribution in [0.1, 0.15) is 44.7 Å². The third kappa shape index (κ3) is 8.29. The van der Waals surface area contributed by atoms with E-state index in [2.05, 4.69) is 5.32 Å². The largest absolute Gasteiger partial charge is 0.494 e. The van der Waals surface area contributed by atoms with Crippen LogP contribution in [0.5, 0.6) is 5.75 Å². The Morgan fingerprint density at radius 2 is 1.66 bits per heavy atom. The third-order valence-electron chi connectivity index (χ3n) is 6.49. The number of hydrogen-bond acceptors (Lipinski definition) is 5. The van der Waals surface area contributed by atoms with Crippen molar-refractivity contribution in [3.63, 3.8) is 0 Å². The molecule has 0 heterocycles. The lowest BCUT2D eigenvalue weighted by Crippen LogP contribution is -2.52. The first-order valence-corrected chi connectivity index (χ1v) is 15.2. The number of nitrogens with one attached hydrogen (secondary N) is 1. The molecule has 0 saturated heterocycles. The second-order valence-corrected chi connectivity index (χ2v) is 11.5. The average Bonchev–Trinajstić information content (AvgIpc) is 2.95. The highest BCUT2D eigenvalue weighted by atomic mass is 32.2. The third-order valence-corrected chi connectivity index (χ3v) is 8.27. The van der Waals surface area contributed by atoms with Gasteiger partial charge in [0.15, 0.2) is 0 Å². The lowest BCUT2D eigenvalue weighted by Gasteiger charge is -2.33. The van der Waals surface area contributed by atoms with E-state index < -0.39 is 34.3 Å². The van der Waals surface area contributed by atoms with Crippen LogP contribution in [0.25, 0.3) is 0 Å². The Balaban J connectivity index is 2.05. The first-order chi connectivity index (χ1) is 19.6. The number of halogens is 1. The SMILES string of the molecule is CCCNC(=O)[C@@H](CC)N(Cc1cccc(C)c1)C(=O)CN(c1ccc(OCC)cc1)S(=O)(=O)c1ccc(F)cc1. The zero-order chi connectivity index (χ0) is 30.0. The number of benzene rings is 3. The van der Waals surface area contributed by atoms with Crippen molar-refractivity contribution in [3.8, 4) is 5.75 Å². The fourth-order valence-corrected chi connectivity index (χ4v) is 5.84. The summed E-state index contributed by atoms with van der Waals surface area (Å²) in [5.41, 5.74) is 2.03. The number of carbonyl (C=O) groups is 2. The van der Waals surface area contributed by atoms with Gasteiger partial charge in [-0.15, -0.1) is 0 Å². The summed E-state index contributed by atoms with van der Waals surface area (Å²) in [6.45, 7) is 7.95. The Kier molecular flexibility index (Phi) is 11.3. The molecular formula is C31H38FN3O5S. The number of rotatable bonds is 14. The van der Waals surface area contributed by atoms with E-state index in [0.717, 1.165) is 46.1 Å². The Bertz CT molecular complexity index is 1410. The number of nitrogens with zero attached hydrogens (tertiary/aromatic N) is 2. The van der Waals surface area contributed by atoms with Gasteiger partial charge in [0.1, 0.15) is 24.2 Å². The van der Waals surface area contributed by atoms with Crippen LogP contribution in [0.4, 0.5) is 10.1 Å². The number of amides is 2. The monoisotopic (exact) mass is 583 g/mol. The average molecular weight is 584 g/mol. The second kappa shape index (κ2) is 14.6. The van der Waals surface area contributed by atoms with Crippen molar-refractivity contribution in [2.45, 2.75) is 58.0 Å². The Hall–Kier alpha value is -3.92. The minimum absolute atomic E-state index is 0.117. The molecule has 10 heteroatoms. The molecular weight excluding hydrogens is 545 g/mol. The quantitative estimate of drug-likeness (QED) is 0.286. The van der Waals surface area contributed by atoms with Gasteiger partial charge in [-0.05, 0) is 80.8 Å². The number of ether oxygens (including phenoxy) is 1.